The van der Waals surface area contributed by atoms with Gasteiger partial charge in [0.25, 0.3) is 0 Å². The van der Waals surface area contributed by atoms with Crippen LogP contribution in [-0.4, -0.2) is 21.2 Å². The summed E-state index contributed by atoms with van der Waals surface area (Å²) >= 11 is 0. The first-order chi connectivity index (χ1) is 7.39. The zero-order valence-electron chi connectivity index (χ0n) is 9.66. The second-order valence-corrected chi connectivity index (χ2v) is 5.95. The minimum Gasteiger partial charge on any atom is -0.385 e. The molecular weight excluding hydrogens is 222 g/mol. The lowest BCUT2D eigenvalue weighted by atomic mass is 10.2. The molecule has 0 aliphatic heterocycles. The van der Waals surface area contributed by atoms with E-state index >= 15 is 0 Å². The number of anilines is 1. The predicted molar refractivity (Wildman–Crippen MR) is 67.5 cm³/mol. The summed E-state index contributed by atoms with van der Waals surface area (Å²) in [5.41, 5.74) is 2.05. The fourth-order valence-corrected chi connectivity index (χ4v) is 1.87. The van der Waals surface area contributed by atoms with Crippen LogP contribution in [0.5, 0.6) is 0 Å². The van der Waals surface area contributed by atoms with Crippen LogP contribution in [0.15, 0.2) is 41.3 Å². The molecule has 1 aromatic carbocycles. The monoisotopic (exact) mass is 239 g/mol. The summed E-state index contributed by atoms with van der Waals surface area (Å²) in [4.78, 5) is 0.345. The SMILES string of the molecule is C=C(C)CCNc1ccc(S(C)(=O)=O)cc1. The van der Waals surface area contributed by atoms with Crippen molar-refractivity contribution in [2.75, 3.05) is 18.1 Å². The third kappa shape index (κ3) is 4.06. The minimum atomic E-state index is -3.10. The predicted octanol–water partition coefficient (Wildman–Crippen LogP) is 2.47. The molecule has 1 aromatic rings. The Hall–Kier alpha value is -1.29. The van der Waals surface area contributed by atoms with E-state index < -0.39 is 9.84 Å². The van der Waals surface area contributed by atoms with E-state index in [9.17, 15) is 8.42 Å². The van der Waals surface area contributed by atoms with Crippen LogP contribution in [0.1, 0.15) is 13.3 Å². The fraction of sp³-hybridized carbons (Fsp3) is 0.333. The van der Waals surface area contributed by atoms with Gasteiger partial charge < -0.3 is 5.32 Å². The molecule has 0 saturated heterocycles. The highest BCUT2D eigenvalue weighted by atomic mass is 32.2. The van der Waals surface area contributed by atoms with Crippen molar-refractivity contribution in [2.24, 2.45) is 0 Å². The maximum absolute atomic E-state index is 11.2. The molecule has 0 atom stereocenters. The third-order valence-electron chi connectivity index (χ3n) is 2.16. The Morgan fingerprint density at radius 3 is 2.31 bits per heavy atom. The maximum Gasteiger partial charge on any atom is 0.175 e. The molecule has 0 radical (unpaired) electrons. The van der Waals surface area contributed by atoms with E-state index in [1.165, 1.54) is 6.26 Å². The van der Waals surface area contributed by atoms with Crippen molar-refractivity contribution < 1.29 is 8.42 Å². The Morgan fingerprint density at radius 2 is 1.88 bits per heavy atom. The molecule has 0 aliphatic carbocycles. The van der Waals surface area contributed by atoms with Gasteiger partial charge in [-0.1, -0.05) is 5.57 Å². The average molecular weight is 239 g/mol. The number of benzene rings is 1. The van der Waals surface area contributed by atoms with Crippen molar-refractivity contribution >= 4 is 15.5 Å². The first kappa shape index (κ1) is 12.8. The lowest BCUT2D eigenvalue weighted by Gasteiger charge is -2.06. The molecule has 0 spiro atoms. The number of nitrogens with one attached hydrogen (secondary N) is 1. The normalized spacial score (nSPS) is 11.1. The highest BCUT2D eigenvalue weighted by Crippen LogP contribution is 2.13. The van der Waals surface area contributed by atoms with Gasteiger partial charge in [0.15, 0.2) is 9.84 Å². The standard InChI is InChI=1S/C12H17NO2S/c1-10(2)8-9-13-11-4-6-12(7-5-11)16(3,14)15/h4-7,13H,1,8-9H2,2-3H3. The number of sulfone groups is 1. The van der Waals surface area contributed by atoms with E-state index in [1.807, 2.05) is 6.92 Å². The van der Waals surface area contributed by atoms with Crippen LogP contribution in [0, 0.1) is 0 Å². The first-order valence-corrected chi connectivity index (χ1v) is 6.97. The van der Waals surface area contributed by atoms with Crippen molar-refractivity contribution in [1.29, 1.82) is 0 Å². The summed E-state index contributed by atoms with van der Waals surface area (Å²) < 4.78 is 22.4. The van der Waals surface area contributed by atoms with E-state index in [-0.39, 0.29) is 0 Å². The molecule has 0 aromatic heterocycles. The van der Waals surface area contributed by atoms with Gasteiger partial charge in [-0.3, -0.25) is 0 Å². The summed E-state index contributed by atoms with van der Waals surface area (Å²) in [6.45, 7) is 6.61. The second kappa shape index (κ2) is 5.16. The van der Waals surface area contributed by atoms with Crippen LogP contribution in [0.2, 0.25) is 0 Å². The van der Waals surface area contributed by atoms with Crippen LogP contribution >= 0.6 is 0 Å². The van der Waals surface area contributed by atoms with Gasteiger partial charge in [-0.2, -0.15) is 0 Å². The van der Waals surface area contributed by atoms with Gasteiger partial charge in [-0.05, 0) is 37.6 Å². The Kier molecular flexibility index (Phi) is 4.12. The number of rotatable bonds is 5. The highest BCUT2D eigenvalue weighted by Gasteiger charge is 2.05. The third-order valence-corrected chi connectivity index (χ3v) is 3.29. The van der Waals surface area contributed by atoms with Crippen LogP contribution in [-0.2, 0) is 9.84 Å². The summed E-state index contributed by atoms with van der Waals surface area (Å²) in [6, 6.07) is 6.76. The van der Waals surface area contributed by atoms with Crippen LogP contribution in [0.3, 0.4) is 0 Å². The molecule has 1 rings (SSSR count). The van der Waals surface area contributed by atoms with Crippen molar-refractivity contribution in [3.8, 4) is 0 Å². The largest absolute Gasteiger partial charge is 0.385 e. The Morgan fingerprint density at radius 1 is 1.31 bits per heavy atom. The van der Waals surface area contributed by atoms with Crippen LogP contribution in [0.4, 0.5) is 5.69 Å². The zero-order valence-corrected chi connectivity index (χ0v) is 10.5. The molecule has 1 N–H and O–H groups in total. The minimum absolute atomic E-state index is 0.345. The molecule has 88 valence electrons. The van der Waals surface area contributed by atoms with E-state index in [0.29, 0.717) is 4.90 Å². The van der Waals surface area contributed by atoms with Gasteiger partial charge in [-0.15, -0.1) is 6.58 Å². The molecule has 0 bridgehead atoms. The van der Waals surface area contributed by atoms with Crippen molar-refractivity contribution in [1.82, 2.24) is 0 Å². The summed E-state index contributed by atoms with van der Waals surface area (Å²) in [7, 11) is -3.10. The highest BCUT2D eigenvalue weighted by molar-refractivity contribution is 7.90. The van der Waals surface area contributed by atoms with Crippen molar-refractivity contribution in [2.45, 2.75) is 18.2 Å². The van der Waals surface area contributed by atoms with Gasteiger partial charge in [0.2, 0.25) is 0 Å². The number of hydrogen-bond donors (Lipinski definition) is 1. The van der Waals surface area contributed by atoms with Crippen molar-refractivity contribution in [3.63, 3.8) is 0 Å². The molecule has 0 unspecified atom stereocenters. The lowest BCUT2D eigenvalue weighted by molar-refractivity contribution is 0.602. The van der Waals surface area contributed by atoms with Gasteiger partial charge in [-0.25, -0.2) is 8.42 Å². The Labute approximate surface area is 97.1 Å². The fourth-order valence-electron chi connectivity index (χ4n) is 1.24. The topological polar surface area (TPSA) is 46.2 Å². The number of hydrogen-bond acceptors (Lipinski definition) is 3. The maximum atomic E-state index is 11.2. The van der Waals surface area contributed by atoms with E-state index in [1.54, 1.807) is 24.3 Å². The van der Waals surface area contributed by atoms with Gasteiger partial charge in [0.1, 0.15) is 0 Å². The molecule has 0 saturated carbocycles. The molecule has 16 heavy (non-hydrogen) atoms. The molecular formula is C12H17NO2S. The first-order valence-electron chi connectivity index (χ1n) is 5.08. The average Bonchev–Trinajstić information content (AvgIpc) is 2.16. The summed E-state index contributed by atoms with van der Waals surface area (Å²) in [5, 5.41) is 3.20. The smallest absolute Gasteiger partial charge is 0.175 e. The zero-order chi connectivity index (χ0) is 12.2. The van der Waals surface area contributed by atoms with E-state index in [2.05, 4.69) is 11.9 Å². The second-order valence-electron chi connectivity index (χ2n) is 3.93. The van der Waals surface area contributed by atoms with Crippen LogP contribution in [0.25, 0.3) is 0 Å². The summed E-state index contributed by atoms with van der Waals surface area (Å²) in [5.74, 6) is 0. The van der Waals surface area contributed by atoms with Gasteiger partial charge >= 0.3 is 0 Å². The summed E-state index contributed by atoms with van der Waals surface area (Å²) in [6.07, 6.45) is 2.12. The molecule has 0 heterocycles. The molecule has 4 heteroatoms. The molecule has 0 amide bonds. The van der Waals surface area contributed by atoms with Crippen LogP contribution < -0.4 is 5.32 Å². The lowest BCUT2D eigenvalue weighted by Crippen LogP contribution is -2.02. The Balaban J connectivity index is 2.62. The Bertz CT molecular complexity index is 460. The van der Waals surface area contributed by atoms with Gasteiger partial charge in [0, 0.05) is 18.5 Å². The van der Waals surface area contributed by atoms with E-state index in [0.717, 1.165) is 24.2 Å². The van der Waals surface area contributed by atoms with Crippen molar-refractivity contribution in [3.05, 3.63) is 36.4 Å². The molecule has 3 nitrogen and oxygen atoms in total. The quantitative estimate of drug-likeness (QED) is 0.803. The van der Waals surface area contributed by atoms with E-state index in [4.69, 9.17) is 0 Å². The molecule has 0 aliphatic rings. The van der Waals surface area contributed by atoms with Gasteiger partial charge in [0.05, 0.1) is 4.90 Å². The molecule has 0 fully saturated rings.